The van der Waals surface area contributed by atoms with E-state index in [4.69, 9.17) is 4.74 Å². The zero-order valence-corrected chi connectivity index (χ0v) is 18.6. The van der Waals surface area contributed by atoms with Crippen LogP contribution in [0, 0.1) is 0 Å². The monoisotopic (exact) mass is 459 g/mol. The van der Waals surface area contributed by atoms with Crippen LogP contribution in [0.25, 0.3) is 10.2 Å². The molecule has 1 aromatic carbocycles. The molecule has 0 spiro atoms. The molecule has 164 valence electrons. The predicted octanol–water partition coefficient (Wildman–Crippen LogP) is 3.83. The lowest BCUT2D eigenvalue weighted by molar-refractivity contribution is -0.156. The molecular weight excluding hydrogens is 436 g/mol. The average molecular weight is 460 g/mol. The largest absolute Gasteiger partial charge is 0.460 e. The van der Waals surface area contributed by atoms with E-state index in [1.165, 1.54) is 18.3 Å². The van der Waals surface area contributed by atoms with Crippen molar-refractivity contribution >= 4 is 56.8 Å². The van der Waals surface area contributed by atoms with Crippen molar-refractivity contribution in [2.75, 3.05) is 11.1 Å². The smallest absolute Gasteiger partial charge is 0.308 e. The van der Waals surface area contributed by atoms with Gasteiger partial charge in [0.15, 0.2) is 4.34 Å². The van der Waals surface area contributed by atoms with Gasteiger partial charge >= 0.3 is 5.97 Å². The van der Waals surface area contributed by atoms with Crippen molar-refractivity contribution in [2.45, 2.75) is 56.5 Å². The van der Waals surface area contributed by atoms with Gasteiger partial charge in [-0.15, -0.1) is 11.3 Å². The molecule has 2 rings (SSSR count). The number of amides is 2. The molecule has 0 bridgehead atoms. The molecule has 0 saturated heterocycles. The average Bonchev–Trinajstić information content (AvgIpc) is 2.99. The maximum atomic E-state index is 12.6. The SMILES string of the molecule is CC(=O)NC(CC(=O)OC(C)(C)C)C(=O)Nc1ccc2nc(SCC(F)F)sc2c1. The Bertz CT molecular complexity index is 928. The number of ether oxygens (including phenoxy) is 1. The van der Waals surface area contributed by atoms with Crippen molar-refractivity contribution in [1.82, 2.24) is 10.3 Å². The third-order valence-electron chi connectivity index (χ3n) is 3.45. The van der Waals surface area contributed by atoms with E-state index in [2.05, 4.69) is 15.6 Å². The highest BCUT2D eigenvalue weighted by Gasteiger charge is 2.26. The summed E-state index contributed by atoms with van der Waals surface area (Å²) in [5, 5.41) is 5.11. The van der Waals surface area contributed by atoms with Crippen LogP contribution in [0.15, 0.2) is 22.5 Å². The number of hydrogen-bond acceptors (Lipinski definition) is 7. The van der Waals surface area contributed by atoms with E-state index in [0.717, 1.165) is 11.8 Å². The van der Waals surface area contributed by atoms with Gasteiger partial charge in [0.1, 0.15) is 11.6 Å². The third kappa shape index (κ3) is 7.86. The Morgan fingerprint density at radius 2 is 1.97 bits per heavy atom. The predicted molar refractivity (Wildman–Crippen MR) is 113 cm³/mol. The summed E-state index contributed by atoms with van der Waals surface area (Å²) in [4.78, 5) is 40.4. The number of esters is 1. The zero-order chi connectivity index (χ0) is 22.5. The Morgan fingerprint density at radius 1 is 1.27 bits per heavy atom. The van der Waals surface area contributed by atoms with Crippen molar-refractivity contribution in [3.63, 3.8) is 0 Å². The minimum absolute atomic E-state index is 0.320. The van der Waals surface area contributed by atoms with E-state index >= 15 is 0 Å². The number of nitrogens with one attached hydrogen (secondary N) is 2. The number of thioether (sulfide) groups is 1. The second-order valence-electron chi connectivity index (χ2n) is 7.40. The number of alkyl halides is 2. The first kappa shape index (κ1) is 24.0. The molecule has 7 nitrogen and oxygen atoms in total. The Hall–Kier alpha value is -2.27. The van der Waals surface area contributed by atoms with Crippen LogP contribution >= 0.6 is 23.1 Å². The van der Waals surface area contributed by atoms with Gasteiger partial charge in [-0.25, -0.2) is 13.8 Å². The van der Waals surface area contributed by atoms with Crippen LogP contribution in [0.4, 0.5) is 14.5 Å². The van der Waals surface area contributed by atoms with Gasteiger partial charge in [0.05, 0.1) is 22.4 Å². The molecule has 11 heteroatoms. The number of aromatic nitrogens is 1. The lowest BCUT2D eigenvalue weighted by atomic mass is 10.1. The van der Waals surface area contributed by atoms with Crippen LogP contribution in [0.2, 0.25) is 0 Å². The number of hydrogen-bond donors (Lipinski definition) is 2. The lowest BCUT2D eigenvalue weighted by Crippen LogP contribution is -2.45. The van der Waals surface area contributed by atoms with E-state index in [1.54, 1.807) is 39.0 Å². The molecule has 0 aliphatic rings. The summed E-state index contributed by atoms with van der Waals surface area (Å²) in [5.41, 5.74) is 0.342. The number of carbonyl (C=O) groups excluding carboxylic acids is 3. The Labute approximate surface area is 181 Å². The van der Waals surface area contributed by atoms with Gasteiger partial charge in [0, 0.05) is 12.6 Å². The number of thiazole rings is 1. The van der Waals surface area contributed by atoms with Crippen LogP contribution < -0.4 is 10.6 Å². The fraction of sp³-hybridized carbons (Fsp3) is 0.474. The van der Waals surface area contributed by atoms with Crippen molar-refractivity contribution in [3.05, 3.63) is 18.2 Å². The highest BCUT2D eigenvalue weighted by molar-refractivity contribution is 8.01. The van der Waals surface area contributed by atoms with E-state index in [-0.39, 0.29) is 12.2 Å². The molecule has 30 heavy (non-hydrogen) atoms. The summed E-state index contributed by atoms with van der Waals surface area (Å²) in [5.74, 6) is -1.99. The Kier molecular flexibility index (Phi) is 8.13. The number of nitrogens with zero attached hydrogens (tertiary/aromatic N) is 1. The van der Waals surface area contributed by atoms with Gasteiger partial charge in [-0.1, -0.05) is 11.8 Å². The van der Waals surface area contributed by atoms with E-state index in [1.807, 2.05) is 0 Å². The summed E-state index contributed by atoms with van der Waals surface area (Å²) in [6.07, 6.45) is -2.74. The molecule has 0 aliphatic heterocycles. The zero-order valence-electron chi connectivity index (χ0n) is 17.0. The maximum absolute atomic E-state index is 12.6. The first-order valence-corrected chi connectivity index (χ1v) is 10.8. The Balaban J connectivity index is 2.10. The quantitative estimate of drug-likeness (QED) is 0.460. The number of anilines is 1. The van der Waals surface area contributed by atoms with Crippen LogP contribution in [0.3, 0.4) is 0 Å². The summed E-state index contributed by atoms with van der Waals surface area (Å²) in [6, 6.07) is 3.83. The topological polar surface area (TPSA) is 97.4 Å². The first-order chi connectivity index (χ1) is 13.9. The van der Waals surface area contributed by atoms with Gasteiger partial charge in [0.2, 0.25) is 18.2 Å². The van der Waals surface area contributed by atoms with Crippen molar-refractivity contribution in [1.29, 1.82) is 0 Å². The molecule has 2 N–H and O–H groups in total. The van der Waals surface area contributed by atoms with Gasteiger partial charge < -0.3 is 15.4 Å². The first-order valence-electron chi connectivity index (χ1n) is 9.04. The molecule has 0 saturated carbocycles. The van der Waals surface area contributed by atoms with Crippen molar-refractivity contribution < 1.29 is 27.9 Å². The molecule has 1 atom stereocenters. The molecule has 0 fully saturated rings. The molecule has 0 radical (unpaired) electrons. The second kappa shape index (κ2) is 10.2. The molecule has 1 heterocycles. The highest BCUT2D eigenvalue weighted by atomic mass is 32.2. The standard InChI is InChI=1S/C19H23F2N3O4S2/c1-10(25)22-13(8-16(26)28-19(2,3)4)17(27)23-11-5-6-12-14(7-11)30-18(24-12)29-9-15(20)21/h5-7,13,15H,8-9H2,1-4H3,(H,22,25)(H,23,27). The molecule has 0 aliphatic carbocycles. The van der Waals surface area contributed by atoms with Gasteiger partial charge in [-0.2, -0.15) is 0 Å². The molecule has 2 aromatic rings. The van der Waals surface area contributed by atoms with Crippen LogP contribution in [0.1, 0.15) is 34.1 Å². The molecular formula is C19H23F2N3O4S2. The fourth-order valence-corrected chi connectivity index (χ4v) is 4.29. The lowest BCUT2D eigenvalue weighted by Gasteiger charge is -2.22. The van der Waals surface area contributed by atoms with Crippen LogP contribution in [-0.4, -0.2) is 46.6 Å². The molecule has 1 aromatic heterocycles. The summed E-state index contributed by atoms with van der Waals surface area (Å²) in [7, 11) is 0. The fourth-order valence-electron chi connectivity index (χ4n) is 2.41. The van der Waals surface area contributed by atoms with Gasteiger partial charge in [0.25, 0.3) is 0 Å². The summed E-state index contributed by atoms with van der Waals surface area (Å²) >= 11 is 2.21. The number of rotatable bonds is 8. The van der Waals surface area contributed by atoms with E-state index < -0.39 is 35.9 Å². The molecule has 1 unspecified atom stereocenters. The normalized spacial score (nSPS) is 12.6. The number of fused-ring (bicyclic) bond motifs is 1. The van der Waals surface area contributed by atoms with Crippen LogP contribution in [0.5, 0.6) is 0 Å². The number of halogens is 2. The molecule has 2 amide bonds. The highest BCUT2D eigenvalue weighted by Crippen LogP contribution is 2.32. The summed E-state index contributed by atoms with van der Waals surface area (Å²) in [6.45, 7) is 6.36. The Morgan fingerprint density at radius 3 is 2.57 bits per heavy atom. The van der Waals surface area contributed by atoms with Crippen molar-refractivity contribution in [3.8, 4) is 0 Å². The van der Waals surface area contributed by atoms with Crippen molar-refractivity contribution in [2.24, 2.45) is 0 Å². The summed E-state index contributed by atoms with van der Waals surface area (Å²) < 4.78 is 31.2. The maximum Gasteiger partial charge on any atom is 0.308 e. The van der Waals surface area contributed by atoms with Crippen LogP contribution in [-0.2, 0) is 19.1 Å². The van der Waals surface area contributed by atoms with Gasteiger partial charge in [-0.05, 0) is 39.0 Å². The van der Waals surface area contributed by atoms with E-state index in [0.29, 0.717) is 20.2 Å². The number of benzene rings is 1. The minimum Gasteiger partial charge on any atom is -0.460 e. The van der Waals surface area contributed by atoms with E-state index in [9.17, 15) is 23.2 Å². The second-order valence-corrected chi connectivity index (χ2v) is 9.70. The number of carbonyl (C=O) groups is 3. The minimum atomic E-state index is -2.42. The third-order valence-corrected chi connectivity index (χ3v) is 5.63. The van der Waals surface area contributed by atoms with Gasteiger partial charge in [-0.3, -0.25) is 14.4 Å².